The van der Waals surface area contributed by atoms with Crippen molar-refractivity contribution in [1.29, 1.82) is 0 Å². The van der Waals surface area contributed by atoms with Gasteiger partial charge in [-0.1, -0.05) is 23.7 Å². The number of ether oxygens (including phenoxy) is 1. The van der Waals surface area contributed by atoms with Gasteiger partial charge in [0.1, 0.15) is 5.75 Å². The number of hydrogen-bond donors (Lipinski definition) is 1. The lowest BCUT2D eigenvalue weighted by Crippen LogP contribution is -2.28. The van der Waals surface area contributed by atoms with Gasteiger partial charge in [0.15, 0.2) is 6.61 Å². The molecular formula is C12H14ClNO2. The van der Waals surface area contributed by atoms with Crippen LogP contribution in [0.15, 0.2) is 30.9 Å². The molecule has 16 heavy (non-hydrogen) atoms. The van der Waals surface area contributed by atoms with E-state index < -0.39 is 0 Å². The van der Waals surface area contributed by atoms with Gasteiger partial charge in [0.05, 0.1) is 0 Å². The molecule has 0 fully saturated rings. The van der Waals surface area contributed by atoms with Gasteiger partial charge < -0.3 is 10.1 Å². The Bertz CT molecular complexity index is 391. The minimum absolute atomic E-state index is 0.0188. The van der Waals surface area contributed by atoms with Crippen LogP contribution in [0.4, 0.5) is 0 Å². The lowest BCUT2D eigenvalue weighted by molar-refractivity contribution is -0.122. The number of carbonyl (C=O) groups excluding carboxylic acids is 1. The van der Waals surface area contributed by atoms with Gasteiger partial charge in [-0.15, -0.1) is 6.58 Å². The smallest absolute Gasteiger partial charge is 0.258 e. The zero-order chi connectivity index (χ0) is 12.0. The third-order valence-electron chi connectivity index (χ3n) is 1.95. The minimum Gasteiger partial charge on any atom is -0.483 e. The number of rotatable bonds is 5. The van der Waals surface area contributed by atoms with E-state index in [1.165, 1.54) is 0 Å². The maximum atomic E-state index is 11.3. The van der Waals surface area contributed by atoms with Crippen molar-refractivity contribution < 1.29 is 9.53 Å². The van der Waals surface area contributed by atoms with Crippen LogP contribution in [0.3, 0.4) is 0 Å². The molecule has 0 saturated heterocycles. The monoisotopic (exact) mass is 239 g/mol. The Labute approximate surface area is 100 Å². The van der Waals surface area contributed by atoms with E-state index in [1.54, 1.807) is 18.2 Å². The lowest BCUT2D eigenvalue weighted by Gasteiger charge is -2.09. The first-order chi connectivity index (χ1) is 7.63. The second-order valence-electron chi connectivity index (χ2n) is 3.29. The second kappa shape index (κ2) is 6.18. The van der Waals surface area contributed by atoms with E-state index in [0.29, 0.717) is 17.3 Å². The van der Waals surface area contributed by atoms with E-state index >= 15 is 0 Å². The summed E-state index contributed by atoms with van der Waals surface area (Å²) in [6, 6.07) is 5.32. The van der Waals surface area contributed by atoms with Crippen molar-refractivity contribution in [1.82, 2.24) is 5.32 Å². The second-order valence-corrected chi connectivity index (χ2v) is 3.73. The molecular weight excluding hydrogens is 226 g/mol. The maximum absolute atomic E-state index is 11.3. The molecule has 1 N–H and O–H groups in total. The molecule has 0 heterocycles. The van der Waals surface area contributed by atoms with E-state index in [9.17, 15) is 4.79 Å². The molecule has 1 rings (SSSR count). The molecule has 86 valence electrons. The fraction of sp³-hybridized carbons (Fsp3) is 0.250. The third-order valence-corrected chi connectivity index (χ3v) is 2.19. The normalized spacial score (nSPS) is 9.62. The van der Waals surface area contributed by atoms with Gasteiger partial charge in [-0.3, -0.25) is 4.79 Å². The fourth-order valence-corrected chi connectivity index (χ4v) is 1.27. The van der Waals surface area contributed by atoms with E-state index in [2.05, 4.69) is 11.9 Å². The van der Waals surface area contributed by atoms with Crippen LogP contribution in [0.5, 0.6) is 5.75 Å². The average molecular weight is 240 g/mol. The summed E-state index contributed by atoms with van der Waals surface area (Å²) < 4.78 is 5.35. The summed E-state index contributed by atoms with van der Waals surface area (Å²) in [5, 5.41) is 3.21. The highest BCUT2D eigenvalue weighted by Gasteiger charge is 2.04. The first-order valence-corrected chi connectivity index (χ1v) is 5.28. The number of halogens is 1. The molecule has 4 heteroatoms. The van der Waals surface area contributed by atoms with Crippen LogP contribution in [0, 0.1) is 6.92 Å². The van der Waals surface area contributed by atoms with E-state index in [-0.39, 0.29) is 12.5 Å². The zero-order valence-electron chi connectivity index (χ0n) is 9.13. The van der Waals surface area contributed by atoms with Crippen LogP contribution in [0.1, 0.15) is 5.56 Å². The van der Waals surface area contributed by atoms with E-state index in [0.717, 1.165) is 5.56 Å². The number of nitrogens with one attached hydrogen (secondary N) is 1. The van der Waals surface area contributed by atoms with Crippen LogP contribution in [0.25, 0.3) is 0 Å². The molecule has 0 saturated carbocycles. The Morgan fingerprint density at radius 1 is 1.62 bits per heavy atom. The molecule has 1 aromatic rings. The summed E-state index contributed by atoms with van der Waals surface area (Å²) in [6.45, 7) is 5.82. The summed E-state index contributed by atoms with van der Waals surface area (Å²) >= 11 is 5.82. The van der Waals surface area contributed by atoms with E-state index in [4.69, 9.17) is 16.3 Å². The largest absolute Gasteiger partial charge is 0.483 e. The summed E-state index contributed by atoms with van der Waals surface area (Å²) in [5.74, 6) is 0.445. The lowest BCUT2D eigenvalue weighted by atomic mass is 10.2. The first kappa shape index (κ1) is 12.6. The van der Waals surface area contributed by atoms with Gasteiger partial charge in [0, 0.05) is 11.6 Å². The Balaban J connectivity index is 2.50. The molecule has 1 aromatic carbocycles. The van der Waals surface area contributed by atoms with Gasteiger partial charge >= 0.3 is 0 Å². The summed E-state index contributed by atoms with van der Waals surface area (Å²) in [7, 11) is 0. The molecule has 0 unspecified atom stereocenters. The molecule has 0 spiro atoms. The van der Waals surface area contributed by atoms with Gasteiger partial charge in [-0.25, -0.2) is 0 Å². The van der Waals surface area contributed by atoms with Gasteiger partial charge in [0.25, 0.3) is 5.91 Å². The topological polar surface area (TPSA) is 38.3 Å². The van der Waals surface area contributed by atoms with Crippen molar-refractivity contribution in [2.75, 3.05) is 13.2 Å². The quantitative estimate of drug-likeness (QED) is 0.801. The van der Waals surface area contributed by atoms with Crippen LogP contribution < -0.4 is 10.1 Å². The van der Waals surface area contributed by atoms with Crippen LogP contribution >= 0.6 is 11.6 Å². The number of hydrogen-bond acceptors (Lipinski definition) is 2. The number of carbonyl (C=O) groups is 1. The van der Waals surface area contributed by atoms with Crippen molar-refractivity contribution in [2.45, 2.75) is 6.92 Å². The number of aryl methyl sites for hydroxylation is 1. The molecule has 0 aliphatic heterocycles. The predicted molar refractivity (Wildman–Crippen MR) is 64.9 cm³/mol. The van der Waals surface area contributed by atoms with Crippen LogP contribution in [-0.2, 0) is 4.79 Å². The fourth-order valence-electron chi connectivity index (χ4n) is 1.11. The number of amides is 1. The molecule has 0 bridgehead atoms. The predicted octanol–water partition coefficient (Wildman–Crippen LogP) is 2.33. The Hall–Kier alpha value is -1.48. The van der Waals surface area contributed by atoms with Crippen molar-refractivity contribution in [3.05, 3.63) is 41.4 Å². The van der Waals surface area contributed by atoms with Crippen molar-refractivity contribution >= 4 is 17.5 Å². The molecule has 0 aliphatic rings. The summed E-state index contributed by atoms with van der Waals surface area (Å²) in [4.78, 5) is 11.3. The maximum Gasteiger partial charge on any atom is 0.258 e. The Morgan fingerprint density at radius 2 is 2.38 bits per heavy atom. The number of benzene rings is 1. The highest BCUT2D eigenvalue weighted by atomic mass is 35.5. The molecule has 0 aliphatic carbocycles. The molecule has 0 atom stereocenters. The average Bonchev–Trinajstić information content (AvgIpc) is 2.27. The highest BCUT2D eigenvalue weighted by Crippen LogP contribution is 2.22. The van der Waals surface area contributed by atoms with E-state index in [1.807, 2.05) is 13.0 Å². The van der Waals surface area contributed by atoms with Crippen molar-refractivity contribution in [2.24, 2.45) is 0 Å². The standard InChI is InChI=1S/C12H14ClNO2/c1-3-6-14-12(15)8-16-11-7-10(13)5-4-9(11)2/h3-5,7H,1,6,8H2,2H3,(H,14,15). The van der Waals surface area contributed by atoms with Crippen LogP contribution in [-0.4, -0.2) is 19.1 Å². The summed E-state index contributed by atoms with van der Waals surface area (Å²) in [5.41, 5.74) is 0.945. The van der Waals surface area contributed by atoms with Gasteiger partial charge in [-0.2, -0.15) is 0 Å². The molecule has 1 amide bonds. The van der Waals surface area contributed by atoms with Crippen molar-refractivity contribution in [3.8, 4) is 5.75 Å². The zero-order valence-corrected chi connectivity index (χ0v) is 9.88. The molecule has 0 aromatic heterocycles. The Kier molecular flexibility index (Phi) is 4.86. The minimum atomic E-state index is -0.181. The van der Waals surface area contributed by atoms with Crippen LogP contribution in [0.2, 0.25) is 5.02 Å². The summed E-state index contributed by atoms with van der Waals surface area (Å²) in [6.07, 6.45) is 1.61. The Morgan fingerprint density at radius 3 is 3.06 bits per heavy atom. The molecule has 3 nitrogen and oxygen atoms in total. The van der Waals surface area contributed by atoms with Gasteiger partial charge in [0.2, 0.25) is 0 Å². The first-order valence-electron chi connectivity index (χ1n) is 4.90. The highest BCUT2D eigenvalue weighted by molar-refractivity contribution is 6.30. The SMILES string of the molecule is C=CCNC(=O)COc1cc(Cl)ccc1C. The molecule has 0 radical (unpaired) electrons. The van der Waals surface area contributed by atoms with Gasteiger partial charge in [-0.05, 0) is 24.6 Å². The van der Waals surface area contributed by atoms with Crippen molar-refractivity contribution in [3.63, 3.8) is 0 Å². The third kappa shape index (κ3) is 3.95.